The molecular formula is C36H25EuF9N2O6S3. The average molecular weight is 1000 g/mol. The number of aromatic nitrogens is 2. The van der Waals surface area contributed by atoms with Crippen LogP contribution in [0.1, 0.15) is 35.4 Å². The van der Waals surface area contributed by atoms with Crippen LogP contribution in [0.4, 0.5) is 39.5 Å². The van der Waals surface area contributed by atoms with Gasteiger partial charge in [-0.2, -0.15) is 39.5 Å². The van der Waals surface area contributed by atoms with Crippen LogP contribution in [0.25, 0.3) is 21.8 Å². The summed E-state index contributed by atoms with van der Waals surface area (Å²) in [6, 6.07) is 21.0. The van der Waals surface area contributed by atoms with E-state index >= 15 is 0 Å². The number of ketones is 3. The molecule has 0 aliphatic carbocycles. The van der Waals surface area contributed by atoms with Gasteiger partial charge in [0.1, 0.15) is 0 Å². The van der Waals surface area contributed by atoms with Crippen molar-refractivity contribution in [3.63, 3.8) is 0 Å². The average Bonchev–Trinajstić information content (AvgIpc) is 3.96. The number of thiophene rings is 3. The second-order valence-corrected chi connectivity index (χ2v) is 13.5. The number of carbonyl (C=O) groups excluding carboxylic acids is 3. The van der Waals surface area contributed by atoms with Crippen molar-refractivity contribution in [2.75, 3.05) is 0 Å². The summed E-state index contributed by atoms with van der Waals surface area (Å²) in [5.41, 5.74) is 1.95. The van der Waals surface area contributed by atoms with Gasteiger partial charge in [0, 0.05) is 91.1 Å². The van der Waals surface area contributed by atoms with Crippen LogP contribution >= 0.6 is 34.0 Å². The predicted octanol–water partition coefficient (Wildman–Crippen LogP) is 10.9. The van der Waals surface area contributed by atoms with Crippen LogP contribution in [-0.2, 0) is 0 Å². The first-order valence-corrected chi connectivity index (χ1v) is 17.8. The fourth-order valence-electron chi connectivity index (χ4n) is 3.90. The van der Waals surface area contributed by atoms with Crippen molar-refractivity contribution in [1.82, 2.24) is 9.97 Å². The summed E-state index contributed by atoms with van der Waals surface area (Å²) in [7, 11) is 0. The maximum absolute atomic E-state index is 11.9. The topological polar surface area (TPSA) is 138 Å². The fraction of sp³-hybridized carbons (Fsp3) is 0.139. The SMILES string of the molecule is O=C(/C=C(\O)C(F)(F)F)c1cccs1.O=C(/C=C(\O)C(F)(F)F)c1cccs1.O=C(CC(O)C(F)(F)F)c1cccs1.[Eu].c1cnc2c(c1)ccc1cccnc12. The van der Waals surface area contributed by atoms with Crippen molar-refractivity contribution in [1.29, 1.82) is 0 Å². The summed E-state index contributed by atoms with van der Waals surface area (Å²) in [5.74, 6) is -6.15. The molecule has 1 atom stereocenters. The Morgan fingerprint density at radius 1 is 0.596 bits per heavy atom. The quantitative estimate of drug-likeness (QED) is 0.0473. The number of carbonyl (C=O) groups is 3. The number of nitrogens with zero attached hydrogens (tertiary/aromatic N) is 2. The molecule has 1 unspecified atom stereocenters. The predicted molar refractivity (Wildman–Crippen MR) is 193 cm³/mol. The minimum atomic E-state index is -4.87. The Morgan fingerprint density at radius 2 is 0.965 bits per heavy atom. The van der Waals surface area contributed by atoms with Gasteiger partial charge in [-0.05, 0) is 46.5 Å². The van der Waals surface area contributed by atoms with Crippen molar-refractivity contribution in [2.45, 2.75) is 31.1 Å². The van der Waals surface area contributed by atoms with Crippen LogP contribution in [0, 0.1) is 49.4 Å². The number of hydrogen-bond acceptors (Lipinski definition) is 11. The van der Waals surface area contributed by atoms with Crippen molar-refractivity contribution in [3.05, 3.63) is 140 Å². The molecule has 1 aromatic carbocycles. The molecule has 0 bridgehead atoms. The second-order valence-electron chi connectivity index (χ2n) is 10.6. The molecule has 0 saturated heterocycles. The molecule has 21 heteroatoms. The van der Waals surface area contributed by atoms with Gasteiger partial charge in [-0.1, -0.05) is 42.5 Å². The number of pyridine rings is 2. The van der Waals surface area contributed by atoms with Gasteiger partial charge in [0.15, 0.2) is 23.5 Å². The molecule has 303 valence electrons. The molecule has 5 aromatic heterocycles. The largest absolute Gasteiger partial charge is 0.504 e. The van der Waals surface area contributed by atoms with E-state index in [0.29, 0.717) is 0 Å². The second kappa shape index (κ2) is 22.3. The number of rotatable bonds is 7. The number of benzene rings is 1. The monoisotopic (exact) mass is 1000 g/mol. The van der Waals surface area contributed by atoms with Gasteiger partial charge in [0.05, 0.1) is 25.7 Å². The zero-order valence-electron chi connectivity index (χ0n) is 28.2. The smallest absolute Gasteiger partial charge is 0.448 e. The molecule has 0 saturated carbocycles. The Hall–Kier alpha value is -3.86. The minimum absolute atomic E-state index is 0. The number of aliphatic hydroxyl groups is 3. The Kier molecular flexibility index (Phi) is 19.3. The van der Waals surface area contributed by atoms with E-state index in [2.05, 4.69) is 34.2 Å². The number of allylic oxidation sites excluding steroid dienone is 4. The van der Waals surface area contributed by atoms with E-state index in [9.17, 15) is 53.9 Å². The molecule has 0 amide bonds. The number of fused-ring (bicyclic) bond motifs is 3. The van der Waals surface area contributed by atoms with Crippen molar-refractivity contribution in [3.8, 4) is 0 Å². The maximum Gasteiger partial charge on any atom is 0.448 e. The van der Waals surface area contributed by atoms with E-state index in [-0.39, 0.29) is 76.2 Å². The van der Waals surface area contributed by atoms with Crippen molar-refractivity contribution < 1.29 is 119 Å². The number of alkyl halides is 9. The molecule has 1 radical (unpaired) electrons. The first kappa shape index (κ1) is 49.3. The molecule has 6 aromatic rings. The third kappa shape index (κ3) is 16.1. The van der Waals surface area contributed by atoms with Gasteiger partial charge in [-0.15, -0.1) is 34.0 Å². The van der Waals surface area contributed by atoms with Gasteiger partial charge in [-0.3, -0.25) is 24.4 Å². The van der Waals surface area contributed by atoms with Crippen LogP contribution < -0.4 is 0 Å². The minimum Gasteiger partial charge on any atom is -0.504 e. The molecule has 3 N–H and O–H groups in total. The summed E-state index contributed by atoms with van der Waals surface area (Å²) < 4.78 is 106. The molecule has 0 fully saturated rings. The number of halogens is 9. The summed E-state index contributed by atoms with van der Waals surface area (Å²) >= 11 is 3.08. The first-order valence-electron chi connectivity index (χ1n) is 15.2. The zero-order chi connectivity index (χ0) is 41.7. The van der Waals surface area contributed by atoms with Crippen LogP contribution in [0.15, 0.2) is 125 Å². The first-order chi connectivity index (χ1) is 26.2. The van der Waals surface area contributed by atoms with Gasteiger partial charge in [0.2, 0.25) is 11.5 Å². The van der Waals surface area contributed by atoms with Gasteiger partial charge < -0.3 is 15.3 Å². The number of aliphatic hydroxyl groups excluding tert-OH is 3. The molecule has 0 aliphatic heterocycles. The van der Waals surface area contributed by atoms with Crippen LogP contribution in [0.3, 0.4) is 0 Å². The molecule has 8 nitrogen and oxygen atoms in total. The van der Waals surface area contributed by atoms with Crippen LogP contribution in [-0.4, -0.2) is 67.3 Å². The van der Waals surface area contributed by atoms with E-state index < -0.39 is 59.9 Å². The zero-order valence-corrected chi connectivity index (χ0v) is 33.1. The Morgan fingerprint density at radius 3 is 1.28 bits per heavy atom. The van der Waals surface area contributed by atoms with E-state index in [1.54, 1.807) is 34.6 Å². The Bertz CT molecular complexity index is 2130. The molecule has 5 heterocycles. The molecule has 6 rings (SSSR count). The van der Waals surface area contributed by atoms with E-state index in [0.717, 1.165) is 55.8 Å². The Labute approximate surface area is 369 Å². The summed E-state index contributed by atoms with van der Waals surface area (Å²) in [6.07, 6.45) is -14.0. The number of hydrogen-bond donors (Lipinski definition) is 3. The van der Waals surface area contributed by atoms with Gasteiger partial charge in [0.25, 0.3) is 0 Å². The third-order valence-corrected chi connectivity index (χ3v) is 9.22. The Balaban J connectivity index is 0.000000261. The summed E-state index contributed by atoms with van der Waals surface area (Å²) in [4.78, 5) is 42.4. The van der Waals surface area contributed by atoms with Crippen LogP contribution in [0.5, 0.6) is 0 Å². The third-order valence-electron chi connectivity index (χ3n) is 6.54. The number of Topliss-reactive ketones (excluding diaryl/α,β-unsaturated/α-hetero) is 1. The molecule has 57 heavy (non-hydrogen) atoms. The van der Waals surface area contributed by atoms with Crippen molar-refractivity contribution >= 4 is 73.2 Å². The van der Waals surface area contributed by atoms with E-state index in [1.165, 1.54) is 30.3 Å². The summed E-state index contributed by atoms with van der Waals surface area (Å²) in [5, 5.41) is 32.6. The summed E-state index contributed by atoms with van der Waals surface area (Å²) in [6.45, 7) is 0. The van der Waals surface area contributed by atoms with Gasteiger partial charge in [-0.25, -0.2) is 0 Å². The molecule has 0 aliphatic rings. The fourth-order valence-corrected chi connectivity index (χ4v) is 5.85. The normalized spacial score (nSPS) is 12.5. The molecule has 0 spiro atoms. The van der Waals surface area contributed by atoms with Crippen LogP contribution in [0.2, 0.25) is 0 Å². The van der Waals surface area contributed by atoms with Crippen molar-refractivity contribution in [2.24, 2.45) is 0 Å². The maximum atomic E-state index is 11.9. The standard InChI is InChI=1S/C12H8N2.C8H7F3O2S.2C8H5F3O2S.Eu/c1-3-9-5-6-10-4-2-8-14-12(10)11(9)13-7-1;3*9-8(10,11)7(13)4-5(12)6-2-1-3-14-6;/h1-8H;1-3,7,13H,4H2;2*1-4,13H;/b;;2*7-4-;. The van der Waals surface area contributed by atoms with E-state index in [4.69, 9.17) is 15.3 Å². The van der Waals surface area contributed by atoms with E-state index in [1.807, 2.05) is 12.1 Å². The van der Waals surface area contributed by atoms with Gasteiger partial charge >= 0.3 is 18.5 Å². The molecular weight excluding hydrogens is 976 g/mol.